The summed E-state index contributed by atoms with van der Waals surface area (Å²) in [4.78, 5) is 23.9. The van der Waals surface area contributed by atoms with Crippen LogP contribution in [0.2, 0.25) is 0 Å². The SMILES string of the molecule is COc1ccc(C=CC(=O)OCCOc2ccc(C=CC(=O)c3ccccc3)cc2)cc1. The monoisotopic (exact) mass is 428 g/mol. The first-order valence-electron chi connectivity index (χ1n) is 10.1. The molecule has 0 aliphatic rings. The van der Waals surface area contributed by atoms with Crippen LogP contribution < -0.4 is 9.47 Å². The Morgan fingerprint density at radius 1 is 0.719 bits per heavy atom. The molecule has 0 unspecified atom stereocenters. The van der Waals surface area contributed by atoms with Gasteiger partial charge in [0.2, 0.25) is 0 Å². The predicted molar refractivity (Wildman–Crippen MR) is 125 cm³/mol. The molecule has 0 saturated carbocycles. The number of allylic oxidation sites excluding steroid dienone is 1. The molecule has 0 radical (unpaired) electrons. The summed E-state index contributed by atoms with van der Waals surface area (Å²) in [6.07, 6.45) is 6.36. The van der Waals surface area contributed by atoms with Gasteiger partial charge in [-0.05, 0) is 47.5 Å². The number of hydrogen-bond donors (Lipinski definition) is 0. The van der Waals surface area contributed by atoms with E-state index in [-0.39, 0.29) is 19.0 Å². The molecule has 162 valence electrons. The number of carbonyl (C=O) groups excluding carboxylic acids is 2. The number of hydrogen-bond acceptors (Lipinski definition) is 5. The summed E-state index contributed by atoms with van der Waals surface area (Å²) >= 11 is 0. The highest BCUT2D eigenvalue weighted by molar-refractivity contribution is 6.06. The Bertz CT molecular complexity index is 1070. The van der Waals surface area contributed by atoms with Crippen molar-refractivity contribution in [3.05, 3.63) is 108 Å². The molecular formula is C27H24O5. The van der Waals surface area contributed by atoms with Crippen molar-refractivity contribution in [1.82, 2.24) is 0 Å². The topological polar surface area (TPSA) is 61.8 Å². The summed E-state index contributed by atoms with van der Waals surface area (Å²) < 4.78 is 15.8. The lowest BCUT2D eigenvalue weighted by Gasteiger charge is -2.06. The van der Waals surface area contributed by atoms with E-state index in [0.717, 1.165) is 16.9 Å². The lowest BCUT2D eigenvalue weighted by molar-refractivity contribution is -0.138. The van der Waals surface area contributed by atoms with Gasteiger partial charge in [0.1, 0.15) is 24.7 Å². The Kier molecular flexibility index (Phi) is 8.40. The standard InChI is InChI=1S/C27H24O5/c1-30-24-13-7-22(8-14-24)12-18-27(29)32-20-19-31-25-15-9-21(10-16-25)11-17-26(28)23-5-3-2-4-6-23/h2-18H,19-20H2,1H3. The molecule has 5 heteroatoms. The highest BCUT2D eigenvalue weighted by Crippen LogP contribution is 2.14. The van der Waals surface area contributed by atoms with Crippen LogP contribution in [0.15, 0.2) is 91.0 Å². The smallest absolute Gasteiger partial charge is 0.330 e. The van der Waals surface area contributed by atoms with Crippen LogP contribution in [-0.4, -0.2) is 32.1 Å². The number of ketones is 1. The van der Waals surface area contributed by atoms with Crippen LogP contribution in [0.25, 0.3) is 12.2 Å². The normalized spacial score (nSPS) is 10.9. The third-order valence-electron chi connectivity index (χ3n) is 4.49. The van der Waals surface area contributed by atoms with Gasteiger partial charge in [0.25, 0.3) is 0 Å². The quantitative estimate of drug-likeness (QED) is 0.192. The van der Waals surface area contributed by atoms with Gasteiger partial charge in [-0.3, -0.25) is 4.79 Å². The molecule has 3 rings (SSSR count). The summed E-state index contributed by atoms with van der Waals surface area (Å²) in [7, 11) is 1.60. The first-order chi connectivity index (χ1) is 15.6. The largest absolute Gasteiger partial charge is 0.497 e. The van der Waals surface area contributed by atoms with Crippen LogP contribution in [0.4, 0.5) is 0 Å². The molecule has 0 atom stereocenters. The molecule has 32 heavy (non-hydrogen) atoms. The number of esters is 1. The molecule has 0 saturated heterocycles. The van der Waals surface area contributed by atoms with Crippen LogP contribution in [-0.2, 0) is 9.53 Å². The molecule has 0 N–H and O–H groups in total. The second-order valence-electron chi connectivity index (χ2n) is 6.76. The molecular weight excluding hydrogens is 404 g/mol. The van der Waals surface area contributed by atoms with E-state index in [4.69, 9.17) is 14.2 Å². The maximum Gasteiger partial charge on any atom is 0.330 e. The van der Waals surface area contributed by atoms with Gasteiger partial charge < -0.3 is 14.2 Å². The van der Waals surface area contributed by atoms with Gasteiger partial charge in [0.15, 0.2) is 5.78 Å². The van der Waals surface area contributed by atoms with E-state index in [1.165, 1.54) is 6.08 Å². The number of rotatable bonds is 10. The minimum atomic E-state index is -0.437. The van der Waals surface area contributed by atoms with Gasteiger partial charge in [-0.25, -0.2) is 4.79 Å². The highest BCUT2D eigenvalue weighted by atomic mass is 16.6. The van der Waals surface area contributed by atoms with E-state index >= 15 is 0 Å². The highest BCUT2D eigenvalue weighted by Gasteiger charge is 2.01. The summed E-state index contributed by atoms with van der Waals surface area (Å²) in [6.45, 7) is 0.378. The van der Waals surface area contributed by atoms with Crippen LogP contribution in [0.5, 0.6) is 11.5 Å². The maximum atomic E-state index is 12.1. The molecule has 0 fully saturated rings. The second-order valence-corrected chi connectivity index (χ2v) is 6.76. The molecule has 0 aromatic heterocycles. The average Bonchev–Trinajstić information content (AvgIpc) is 2.85. The lowest BCUT2D eigenvalue weighted by atomic mass is 10.1. The molecule has 3 aromatic rings. The van der Waals surface area contributed by atoms with Crippen molar-refractivity contribution in [2.24, 2.45) is 0 Å². The van der Waals surface area contributed by atoms with Crippen LogP contribution in [0, 0.1) is 0 Å². The first-order valence-corrected chi connectivity index (χ1v) is 10.1. The molecule has 0 bridgehead atoms. The fourth-order valence-electron chi connectivity index (χ4n) is 2.77. The minimum Gasteiger partial charge on any atom is -0.497 e. The van der Waals surface area contributed by atoms with E-state index in [1.807, 2.05) is 54.6 Å². The van der Waals surface area contributed by atoms with Crippen LogP contribution >= 0.6 is 0 Å². The van der Waals surface area contributed by atoms with Crippen molar-refractivity contribution >= 4 is 23.9 Å². The van der Waals surface area contributed by atoms with E-state index in [1.54, 1.807) is 49.6 Å². The van der Waals surface area contributed by atoms with Crippen molar-refractivity contribution in [1.29, 1.82) is 0 Å². The summed E-state index contributed by atoms with van der Waals surface area (Å²) in [5.74, 6) is 0.926. The zero-order valence-electron chi connectivity index (χ0n) is 17.8. The fourth-order valence-corrected chi connectivity index (χ4v) is 2.77. The van der Waals surface area contributed by atoms with E-state index in [2.05, 4.69) is 0 Å². The third-order valence-corrected chi connectivity index (χ3v) is 4.49. The molecule has 3 aromatic carbocycles. The van der Waals surface area contributed by atoms with Gasteiger partial charge in [-0.2, -0.15) is 0 Å². The predicted octanol–water partition coefficient (Wildman–Crippen LogP) is 5.23. The van der Waals surface area contributed by atoms with Crippen LogP contribution in [0.1, 0.15) is 21.5 Å². The molecule has 0 heterocycles. The summed E-state index contributed by atoms with van der Waals surface area (Å²) in [5, 5.41) is 0. The zero-order valence-corrected chi connectivity index (χ0v) is 17.8. The Balaban J connectivity index is 1.38. The third kappa shape index (κ3) is 7.29. The van der Waals surface area contributed by atoms with E-state index in [0.29, 0.717) is 11.3 Å². The second kappa shape index (κ2) is 11.9. The van der Waals surface area contributed by atoms with Gasteiger partial charge in [0.05, 0.1) is 7.11 Å². The Hall–Kier alpha value is -4.12. The molecule has 0 amide bonds. The molecule has 0 aliphatic heterocycles. The number of ether oxygens (including phenoxy) is 3. The van der Waals surface area contributed by atoms with Crippen molar-refractivity contribution in [2.75, 3.05) is 20.3 Å². The Labute approximate surface area is 187 Å². The summed E-state index contributed by atoms with van der Waals surface area (Å²) in [6, 6.07) is 23.8. The van der Waals surface area contributed by atoms with E-state index < -0.39 is 5.97 Å². The lowest BCUT2D eigenvalue weighted by Crippen LogP contribution is -2.10. The average molecular weight is 428 g/mol. The van der Waals surface area contributed by atoms with Crippen LogP contribution in [0.3, 0.4) is 0 Å². The van der Waals surface area contributed by atoms with Gasteiger partial charge in [-0.1, -0.05) is 60.7 Å². The van der Waals surface area contributed by atoms with Crippen molar-refractivity contribution in [3.63, 3.8) is 0 Å². The maximum absolute atomic E-state index is 12.1. The zero-order chi connectivity index (χ0) is 22.6. The summed E-state index contributed by atoms with van der Waals surface area (Å²) in [5.41, 5.74) is 2.41. The fraction of sp³-hybridized carbons (Fsp3) is 0.111. The number of benzene rings is 3. The van der Waals surface area contributed by atoms with Crippen molar-refractivity contribution in [3.8, 4) is 11.5 Å². The molecule has 5 nitrogen and oxygen atoms in total. The number of methoxy groups -OCH3 is 1. The van der Waals surface area contributed by atoms with Crippen molar-refractivity contribution in [2.45, 2.75) is 0 Å². The Morgan fingerprint density at radius 2 is 1.31 bits per heavy atom. The molecule has 0 aliphatic carbocycles. The molecule has 0 spiro atoms. The van der Waals surface area contributed by atoms with Gasteiger partial charge in [-0.15, -0.1) is 0 Å². The van der Waals surface area contributed by atoms with Gasteiger partial charge in [0, 0.05) is 11.6 Å². The minimum absolute atomic E-state index is 0.0474. The Morgan fingerprint density at radius 3 is 1.94 bits per heavy atom. The first kappa shape index (κ1) is 22.6. The van der Waals surface area contributed by atoms with Gasteiger partial charge >= 0.3 is 5.97 Å². The van der Waals surface area contributed by atoms with E-state index in [9.17, 15) is 9.59 Å². The number of carbonyl (C=O) groups is 2. The van der Waals surface area contributed by atoms with Crippen molar-refractivity contribution < 1.29 is 23.8 Å².